The molecular weight excluding hydrogens is 242 g/mol. The standard InChI is InChI=1S/C15H21NO3/c1-3-19-15(17)11-16(13-8-9-13)10-12-6-4-5-7-14(12)18-2/h4-7,13H,3,8-11H2,1-2H3. The van der Waals surface area contributed by atoms with Gasteiger partial charge < -0.3 is 9.47 Å². The molecule has 0 aromatic heterocycles. The fraction of sp³-hybridized carbons (Fsp3) is 0.533. The van der Waals surface area contributed by atoms with Gasteiger partial charge in [0, 0.05) is 18.2 Å². The molecule has 0 aliphatic heterocycles. The molecule has 0 bridgehead atoms. The van der Waals surface area contributed by atoms with Crippen LogP contribution >= 0.6 is 0 Å². The fourth-order valence-corrected chi connectivity index (χ4v) is 2.18. The van der Waals surface area contributed by atoms with Gasteiger partial charge in [0.05, 0.1) is 20.3 Å². The molecule has 1 aromatic rings. The van der Waals surface area contributed by atoms with E-state index in [1.165, 1.54) is 0 Å². The molecule has 0 unspecified atom stereocenters. The molecule has 104 valence electrons. The SMILES string of the molecule is CCOC(=O)CN(Cc1ccccc1OC)C1CC1. The van der Waals surface area contributed by atoms with Gasteiger partial charge in [0.15, 0.2) is 0 Å². The zero-order valence-corrected chi connectivity index (χ0v) is 11.6. The predicted molar refractivity (Wildman–Crippen MR) is 73.1 cm³/mol. The van der Waals surface area contributed by atoms with Crippen LogP contribution in [0.2, 0.25) is 0 Å². The quantitative estimate of drug-likeness (QED) is 0.707. The van der Waals surface area contributed by atoms with Crippen LogP contribution in [0.15, 0.2) is 24.3 Å². The van der Waals surface area contributed by atoms with Gasteiger partial charge in [0.1, 0.15) is 5.75 Å². The third-order valence-corrected chi connectivity index (χ3v) is 3.27. The summed E-state index contributed by atoms with van der Waals surface area (Å²) in [6.45, 7) is 3.36. The number of rotatable bonds is 7. The molecule has 0 radical (unpaired) electrons. The lowest BCUT2D eigenvalue weighted by atomic mass is 10.2. The van der Waals surface area contributed by atoms with Crippen molar-refractivity contribution in [3.63, 3.8) is 0 Å². The molecule has 0 atom stereocenters. The summed E-state index contributed by atoms with van der Waals surface area (Å²) < 4.78 is 10.4. The molecule has 0 heterocycles. The van der Waals surface area contributed by atoms with Gasteiger partial charge in [0.25, 0.3) is 0 Å². The normalized spacial score (nSPS) is 14.5. The number of carbonyl (C=O) groups is 1. The monoisotopic (exact) mass is 263 g/mol. The van der Waals surface area contributed by atoms with Gasteiger partial charge in [-0.3, -0.25) is 9.69 Å². The molecule has 1 saturated carbocycles. The van der Waals surface area contributed by atoms with Crippen LogP contribution in [0.3, 0.4) is 0 Å². The molecule has 19 heavy (non-hydrogen) atoms. The third kappa shape index (κ3) is 3.96. The van der Waals surface area contributed by atoms with Gasteiger partial charge in [-0.2, -0.15) is 0 Å². The minimum absolute atomic E-state index is 0.149. The van der Waals surface area contributed by atoms with Gasteiger partial charge in [0.2, 0.25) is 0 Å². The molecule has 2 rings (SSSR count). The molecule has 0 amide bonds. The largest absolute Gasteiger partial charge is 0.496 e. The van der Waals surface area contributed by atoms with Crippen molar-refractivity contribution in [2.75, 3.05) is 20.3 Å². The Labute approximate surface area is 114 Å². The Morgan fingerprint density at radius 2 is 2.11 bits per heavy atom. The Morgan fingerprint density at radius 3 is 2.74 bits per heavy atom. The average molecular weight is 263 g/mol. The smallest absolute Gasteiger partial charge is 0.320 e. The number of hydrogen-bond acceptors (Lipinski definition) is 4. The van der Waals surface area contributed by atoms with Crippen molar-refractivity contribution in [3.8, 4) is 5.75 Å². The second kappa shape index (κ2) is 6.57. The van der Waals surface area contributed by atoms with Gasteiger partial charge in [-0.1, -0.05) is 18.2 Å². The Hall–Kier alpha value is -1.55. The van der Waals surface area contributed by atoms with E-state index >= 15 is 0 Å². The molecule has 4 nitrogen and oxygen atoms in total. The number of benzene rings is 1. The van der Waals surface area contributed by atoms with Crippen molar-refractivity contribution in [2.24, 2.45) is 0 Å². The maximum atomic E-state index is 11.6. The molecule has 1 aliphatic rings. The van der Waals surface area contributed by atoms with Crippen molar-refractivity contribution >= 4 is 5.97 Å². The summed E-state index contributed by atoms with van der Waals surface area (Å²) in [5.41, 5.74) is 1.11. The van der Waals surface area contributed by atoms with Gasteiger partial charge in [-0.15, -0.1) is 0 Å². The van der Waals surface area contributed by atoms with E-state index in [0.29, 0.717) is 19.2 Å². The van der Waals surface area contributed by atoms with Crippen molar-refractivity contribution in [3.05, 3.63) is 29.8 Å². The maximum absolute atomic E-state index is 11.6. The minimum atomic E-state index is -0.149. The molecule has 0 spiro atoms. The Balaban J connectivity index is 2.02. The van der Waals surface area contributed by atoms with Crippen molar-refractivity contribution < 1.29 is 14.3 Å². The van der Waals surface area contributed by atoms with E-state index in [4.69, 9.17) is 9.47 Å². The number of nitrogens with zero attached hydrogens (tertiary/aromatic N) is 1. The van der Waals surface area contributed by atoms with Crippen LogP contribution in [-0.4, -0.2) is 37.2 Å². The summed E-state index contributed by atoms with van der Waals surface area (Å²) in [6.07, 6.45) is 2.32. The summed E-state index contributed by atoms with van der Waals surface area (Å²) in [6, 6.07) is 8.45. The van der Waals surface area contributed by atoms with E-state index in [0.717, 1.165) is 30.7 Å². The number of esters is 1. The topological polar surface area (TPSA) is 38.8 Å². The minimum Gasteiger partial charge on any atom is -0.496 e. The fourth-order valence-electron chi connectivity index (χ4n) is 2.18. The molecule has 1 aromatic carbocycles. The van der Waals surface area contributed by atoms with Gasteiger partial charge >= 0.3 is 5.97 Å². The summed E-state index contributed by atoms with van der Waals surface area (Å²) in [4.78, 5) is 13.8. The highest BCUT2D eigenvalue weighted by Crippen LogP contribution is 2.30. The van der Waals surface area contributed by atoms with Crippen molar-refractivity contribution in [1.82, 2.24) is 4.90 Å². The highest BCUT2D eigenvalue weighted by molar-refractivity contribution is 5.71. The Morgan fingerprint density at radius 1 is 1.37 bits per heavy atom. The number of para-hydroxylation sites is 1. The lowest BCUT2D eigenvalue weighted by molar-refractivity contribution is -0.144. The number of carbonyl (C=O) groups excluding carboxylic acids is 1. The second-order valence-electron chi connectivity index (χ2n) is 4.75. The van der Waals surface area contributed by atoms with Gasteiger partial charge in [-0.05, 0) is 25.8 Å². The number of hydrogen-bond donors (Lipinski definition) is 0. The van der Waals surface area contributed by atoms with Crippen LogP contribution in [0, 0.1) is 0 Å². The van der Waals surface area contributed by atoms with Crippen LogP contribution in [0.4, 0.5) is 0 Å². The zero-order valence-electron chi connectivity index (χ0n) is 11.6. The first-order valence-electron chi connectivity index (χ1n) is 6.76. The van der Waals surface area contributed by atoms with Crippen LogP contribution < -0.4 is 4.74 Å². The summed E-state index contributed by atoms with van der Waals surface area (Å²) in [5, 5.41) is 0. The van der Waals surface area contributed by atoms with E-state index in [1.807, 2.05) is 31.2 Å². The van der Waals surface area contributed by atoms with Crippen LogP contribution in [0.1, 0.15) is 25.3 Å². The first-order chi connectivity index (χ1) is 9.24. The molecule has 0 saturated heterocycles. The lowest BCUT2D eigenvalue weighted by Crippen LogP contribution is -2.32. The highest BCUT2D eigenvalue weighted by Gasteiger charge is 2.31. The summed E-state index contributed by atoms with van der Waals surface area (Å²) in [5.74, 6) is 0.723. The van der Waals surface area contributed by atoms with E-state index in [9.17, 15) is 4.79 Å². The Bertz CT molecular complexity index is 429. The molecule has 1 fully saturated rings. The van der Waals surface area contributed by atoms with E-state index in [-0.39, 0.29) is 5.97 Å². The van der Waals surface area contributed by atoms with Crippen LogP contribution in [0.5, 0.6) is 5.75 Å². The molecular formula is C15H21NO3. The van der Waals surface area contributed by atoms with Crippen LogP contribution in [0.25, 0.3) is 0 Å². The third-order valence-electron chi connectivity index (χ3n) is 3.27. The van der Waals surface area contributed by atoms with Crippen LogP contribution in [-0.2, 0) is 16.1 Å². The van der Waals surface area contributed by atoms with Gasteiger partial charge in [-0.25, -0.2) is 0 Å². The molecule has 1 aliphatic carbocycles. The van der Waals surface area contributed by atoms with Crippen molar-refractivity contribution in [2.45, 2.75) is 32.4 Å². The van der Waals surface area contributed by atoms with E-state index in [1.54, 1.807) is 7.11 Å². The van der Waals surface area contributed by atoms with E-state index < -0.39 is 0 Å². The first-order valence-corrected chi connectivity index (χ1v) is 6.76. The second-order valence-corrected chi connectivity index (χ2v) is 4.75. The summed E-state index contributed by atoms with van der Waals surface area (Å²) >= 11 is 0. The highest BCUT2D eigenvalue weighted by atomic mass is 16.5. The first kappa shape index (κ1) is 13.9. The zero-order chi connectivity index (χ0) is 13.7. The Kier molecular flexibility index (Phi) is 4.80. The van der Waals surface area contributed by atoms with E-state index in [2.05, 4.69) is 4.90 Å². The van der Waals surface area contributed by atoms with Crippen molar-refractivity contribution in [1.29, 1.82) is 0 Å². The lowest BCUT2D eigenvalue weighted by Gasteiger charge is -2.22. The molecule has 0 N–H and O–H groups in total. The predicted octanol–water partition coefficient (Wildman–Crippen LogP) is 2.22. The maximum Gasteiger partial charge on any atom is 0.320 e. The number of ether oxygens (including phenoxy) is 2. The molecule has 4 heteroatoms. The summed E-state index contributed by atoms with van der Waals surface area (Å²) in [7, 11) is 1.67. The number of methoxy groups -OCH3 is 1. The average Bonchev–Trinajstić information content (AvgIpc) is 3.23.